The third kappa shape index (κ3) is 4.82. The predicted octanol–water partition coefficient (Wildman–Crippen LogP) is 3.35. The highest BCUT2D eigenvalue weighted by Crippen LogP contribution is 2.32. The highest BCUT2D eigenvalue weighted by Gasteiger charge is 2.37. The summed E-state index contributed by atoms with van der Waals surface area (Å²) in [5, 5.41) is 2.94. The lowest BCUT2D eigenvalue weighted by Gasteiger charge is -2.37. The van der Waals surface area contributed by atoms with E-state index in [4.69, 9.17) is 5.73 Å². The number of rotatable bonds is 7. The number of carbonyl (C=O) groups excluding carboxylic acids is 2. The Balaban J connectivity index is 2.04. The number of hydrogen-bond acceptors (Lipinski definition) is 3. The van der Waals surface area contributed by atoms with Gasteiger partial charge in [-0.25, -0.2) is 0 Å². The number of anilines is 1. The third-order valence-corrected chi connectivity index (χ3v) is 4.96. The molecule has 0 aliphatic heterocycles. The maximum atomic E-state index is 12.6. The van der Waals surface area contributed by atoms with E-state index in [0.717, 1.165) is 25.7 Å². The predicted molar refractivity (Wildman–Crippen MR) is 106 cm³/mol. The smallest absolute Gasteiger partial charge is 0.254 e. The van der Waals surface area contributed by atoms with E-state index in [0.29, 0.717) is 24.3 Å². The van der Waals surface area contributed by atoms with Gasteiger partial charge in [-0.3, -0.25) is 9.59 Å². The van der Waals surface area contributed by atoms with E-state index in [9.17, 15) is 9.59 Å². The van der Waals surface area contributed by atoms with Crippen LogP contribution in [0.5, 0.6) is 0 Å². The molecule has 5 heteroatoms. The SMILES string of the molecule is C=CCN(CC=C)C(=O)c1ccc(NC(=O)C2CCCCC2(C)N)cc1. The molecule has 1 aromatic carbocycles. The van der Waals surface area contributed by atoms with Crippen molar-refractivity contribution in [1.82, 2.24) is 4.90 Å². The van der Waals surface area contributed by atoms with Gasteiger partial charge in [0.05, 0.1) is 5.92 Å². The van der Waals surface area contributed by atoms with Crippen molar-refractivity contribution in [2.75, 3.05) is 18.4 Å². The molecule has 0 spiro atoms. The fourth-order valence-corrected chi connectivity index (χ4v) is 3.45. The van der Waals surface area contributed by atoms with E-state index in [1.807, 2.05) is 6.92 Å². The molecular weight excluding hydrogens is 326 g/mol. The fourth-order valence-electron chi connectivity index (χ4n) is 3.45. The Labute approximate surface area is 155 Å². The molecule has 2 atom stereocenters. The molecule has 2 unspecified atom stereocenters. The van der Waals surface area contributed by atoms with Crippen molar-refractivity contribution < 1.29 is 9.59 Å². The Morgan fingerprint density at radius 1 is 1.23 bits per heavy atom. The molecule has 1 fully saturated rings. The van der Waals surface area contributed by atoms with Crippen LogP contribution in [0.25, 0.3) is 0 Å². The summed E-state index contributed by atoms with van der Waals surface area (Å²) in [5.74, 6) is -0.327. The Kier molecular flexibility index (Phi) is 6.75. The first-order chi connectivity index (χ1) is 12.4. The van der Waals surface area contributed by atoms with E-state index >= 15 is 0 Å². The van der Waals surface area contributed by atoms with Crippen molar-refractivity contribution in [3.63, 3.8) is 0 Å². The van der Waals surface area contributed by atoms with Crippen LogP contribution in [0.1, 0.15) is 43.0 Å². The number of carbonyl (C=O) groups is 2. The van der Waals surface area contributed by atoms with Gasteiger partial charge in [0.2, 0.25) is 5.91 Å². The minimum absolute atomic E-state index is 0.0475. The van der Waals surface area contributed by atoms with E-state index in [-0.39, 0.29) is 17.7 Å². The van der Waals surface area contributed by atoms with Crippen molar-refractivity contribution >= 4 is 17.5 Å². The first kappa shape index (κ1) is 19.9. The summed E-state index contributed by atoms with van der Waals surface area (Å²) < 4.78 is 0. The minimum Gasteiger partial charge on any atom is -0.331 e. The Bertz CT molecular complexity index is 654. The number of nitrogens with one attached hydrogen (secondary N) is 1. The first-order valence-corrected chi connectivity index (χ1v) is 9.10. The van der Waals surface area contributed by atoms with Crippen molar-refractivity contribution in [3.8, 4) is 0 Å². The number of nitrogens with zero attached hydrogens (tertiary/aromatic N) is 1. The summed E-state index contributed by atoms with van der Waals surface area (Å²) in [5.41, 5.74) is 7.08. The zero-order chi connectivity index (χ0) is 19.2. The van der Waals surface area contributed by atoms with Gasteiger partial charge in [0, 0.05) is 29.9 Å². The number of amides is 2. The van der Waals surface area contributed by atoms with Crippen molar-refractivity contribution in [3.05, 3.63) is 55.1 Å². The number of hydrogen-bond donors (Lipinski definition) is 2. The summed E-state index contributed by atoms with van der Waals surface area (Å²) >= 11 is 0. The standard InChI is InChI=1S/C21H29N3O2/c1-4-14-24(15-5-2)20(26)16-9-11-17(12-10-16)23-19(25)18-8-6-7-13-21(18,3)22/h4-5,9-12,18H,1-2,6-8,13-15,22H2,3H3,(H,23,25). The van der Waals surface area contributed by atoms with Crippen LogP contribution >= 0.6 is 0 Å². The molecule has 1 aliphatic rings. The van der Waals surface area contributed by atoms with Crippen LogP contribution < -0.4 is 11.1 Å². The van der Waals surface area contributed by atoms with E-state index in [1.54, 1.807) is 41.3 Å². The van der Waals surface area contributed by atoms with Gasteiger partial charge in [-0.2, -0.15) is 0 Å². The Hall–Kier alpha value is -2.40. The topological polar surface area (TPSA) is 75.4 Å². The molecule has 0 radical (unpaired) electrons. The molecular formula is C21H29N3O2. The second kappa shape index (κ2) is 8.81. The van der Waals surface area contributed by atoms with Crippen LogP contribution in [0.3, 0.4) is 0 Å². The van der Waals surface area contributed by atoms with E-state index in [1.165, 1.54) is 0 Å². The maximum absolute atomic E-state index is 12.6. The van der Waals surface area contributed by atoms with Gasteiger partial charge in [0.15, 0.2) is 0 Å². The summed E-state index contributed by atoms with van der Waals surface area (Å²) in [6, 6.07) is 6.95. The summed E-state index contributed by atoms with van der Waals surface area (Å²) in [6.45, 7) is 10.2. The van der Waals surface area contributed by atoms with Gasteiger partial charge in [0.25, 0.3) is 5.91 Å². The van der Waals surface area contributed by atoms with E-state index in [2.05, 4.69) is 18.5 Å². The zero-order valence-electron chi connectivity index (χ0n) is 15.5. The van der Waals surface area contributed by atoms with E-state index < -0.39 is 5.54 Å². The lowest BCUT2D eigenvalue weighted by molar-refractivity contribution is -0.122. The summed E-state index contributed by atoms with van der Waals surface area (Å²) in [6.07, 6.45) is 7.14. The van der Waals surface area contributed by atoms with Crippen molar-refractivity contribution in [2.24, 2.45) is 11.7 Å². The van der Waals surface area contributed by atoms with Gasteiger partial charge in [-0.15, -0.1) is 13.2 Å². The molecule has 140 valence electrons. The van der Waals surface area contributed by atoms with Gasteiger partial charge >= 0.3 is 0 Å². The zero-order valence-corrected chi connectivity index (χ0v) is 15.5. The number of nitrogens with two attached hydrogens (primary N) is 1. The molecule has 2 rings (SSSR count). The fraction of sp³-hybridized carbons (Fsp3) is 0.429. The minimum atomic E-state index is -0.464. The normalized spacial score (nSPS) is 22.3. The Morgan fingerprint density at radius 3 is 2.38 bits per heavy atom. The molecule has 2 amide bonds. The first-order valence-electron chi connectivity index (χ1n) is 9.10. The van der Waals surface area contributed by atoms with Crippen LogP contribution in [-0.2, 0) is 4.79 Å². The van der Waals surface area contributed by atoms with Crippen LogP contribution in [0.15, 0.2) is 49.6 Å². The lowest BCUT2D eigenvalue weighted by atomic mass is 9.74. The molecule has 3 N–H and O–H groups in total. The molecule has 0 aromatic heterocycles. The highest BCUT2D eigenvalue weighted by atomic mass is 16.2. The number of benzene rings is 1. The van der Waals surface area contributed by atoms with Gasteiger partial charge < -0.3 is 16.0 Å². The molecule has 0 saturated heterocycles. The molecule has 5 nitrogen and oxygen atoms in total. The largest absolute Gasteiger partial charge is 0.331 e. The van der Waals surface area contributed by atoms with Crippen molar-refractivity contribution in [1.29, 1.82) is 0 Å². The molecule has 0 bridgehead atoms. The van der Waals surface area contributed by atoms with Gasteiger partial charge in [-0.05, 0) is 44.0 Å². The monoisotopic (exact) mass is 355 g/mol. The molecule has 1 saturated carbocycles. The molecule has 26 heavy (non-hydrogen) atoms. The van der Waals surface area contributed by atoms with Crippen LogP contribution in [0, 0.1) is 5.92 Å². The quantitative estimate of drug-likeness (QED) is 0.737. The second-order valence-electron chi connectivity index (χ2n) is 7.16. The van der Waals surface area contributed by atoms with Crippen LogP contribution in [0.4, 0.5) is 5.69 Å². The lowest BCUT2D eigenvalue weighted by Crippen LogP contribution is -2.51. The van der Waals surface area contributed by atoms with Crippen LogP contribution in [-0.4, -0.2) is 35.3 Å². The average Bonchev–Trinajstić information content (AvgIpc) is 2.61. The van der Waals surface area contributed by atoms with Gasteiger partial charge in [0.1, 0.15) is 0 Å². The third-order valence-electron chi connectivity index (χ3n) is 4.96. The molecule has 1 aliphatic carbocycles. The van der Waals surface area contributed by atoms with Crippen molar-refractivity contribution in [2.45, 2.75) is 38.1 Å². The average molecular weight is 355 g/mol. The molecule has 0 heterocycles. The second-order valence-corrected chi connectivity index (χ2v) is 7.16. The molecule has 1 aromatic rings. The maximum Gasteiger partial charge on any atom is 0.254 e. The van der Waals surface area contributed by atoms with Gasteiger partial charge in [-0.1, -0.05) is 25.0 Å². The highest BCUT2D eigenvalue weighted by molar-refractivity contribution is 5.96. The summed E-state index contributed by atoms with van der Waals surface area (Å²) in [4.78, 5) is 26.8. The van der Waals surface area contributed by atoms with Crippen LogP contribution in [0.2, 0.25) is 0 Å². The Morgan fingerprint density at radius 2 is 1.85 bits per heavy atom. The summed E-state index contributed by atoms with van der Waals surface area (Å²) in [7, 11) is 0.